The molecular weight excluding hydrogens is 436 g/mol. The third kappa shape index (κ3) is 2.79. The van der Waals surface area contributed by atoms with Crippen LogP contribution in [0.1, 0.15) is 38.5 Å². The van der Waals surface area contributed by atoms with E-state index in [2.05, 4.69) is 31.3 Å². The van der Waals surface area contributed by atoms with Gasteiger partial charge in [-0.05, 0) is 78.4 Å². The number of aromatic nitrogens is 3. The van der Waals surface area contributed by atoms with Crippen LogP contribution in [0.2, 0.25) is 0 Å². The predicted octanol–water partition coefficient (Wildman–Crippen LogP) is 3.75. The van der Waals surface area contributed by atoms with Crippen LogP contribution in [-0.2, 0) is 10.3 Å². The fourth-order valence-corrected chi connectivity index (χ4v) is 6.87. The summed E-state index contributed by atoms with van der Waals surface area (Å²) in [6.45, 7) is 1.10. The van der Waals surface area contributed by atoms with Gasteiger partial charge in [0, 0.05) is 11.8 Å². The zero-order valence-electron chi connectivity index (χ0n) is 16.1. The second-order valence-corrected chi connectivity index (χ2v) is 9.95. The van der Waals surface area contributed by atoms with Gasteiger partial charge in [-0.1, -0.05) is 0 Å². The van der Waals surface area contributed by atoms with Gasteiger partial charge >= 0.3 is 0 Å². The molecule has 1 N–H and O–H groups in total. The minimum Gasteiger partial charge on any atom is -0.486 e. The number of nitrogens with one attached hydrogen (secondary N) is 1. The first-order valence-corrected chi connectivity index (χ1v) is 11.1. The van der Waals surface area contributed by atoms with Crippen LogP contribution in [0, 0.1) is 17.3 Å². The normalized spacial score (nSPS) is 34.2. The fourth-order valence-electron chi connectivity index (χ4n) is 6.60. The quantitative estimate of drug-likeness (QED) is 0.757. The van der Waals surface area contributed by atoms with Gasteiger partial charge in [0.05, 0.1) is 11.0 Å². The maximum absolute atomic E-state index is 13.6. The first kappa shape index (κ1) is 17.7. The van der Waals surface area contributed by atoms with Crippen LogP contribution >= 0.6 is 15.9 Å². The number of anilines is 1. The summed E-state index contributed by atoms with van der Waals surface area (Å²) in [6, 6.07) is 5.64. The zero-order valence-corrected chi connectivity index (χ0v) is 17.7. The van der Waals surface area contributed by atoms with Crippen molar-refractivity contribution in [3.05, 3.63) is 29.3 Å². The number of benzene rings is 1. The maximum atomic E-state index is 13.6. The van der Waals surface area contributed by atoms with Crippen molar-refractivity contribution in [2.24, 2.45) is 17.3 Å². The first-order chi connectivity index (χ1) is 14.0. The van der Waals surface area contributed by atoms with Crippen molar-refractivity contribution >= 4 is 27.5 Å². The number of carbonyl (C=O) groups is 1. The molecule has 4 bridgehead atoms. The third-order valence-electron chi connectivity index (χ3n) is 7.26. The Kier molecular flexibility index (Phi) is 3.79. The molecule has 29 heavy (non-hydrogen) atoms. The molecule has 0 spiro atoms. The van der Waals surface area contributed by atoms with Gasteiger partial charge in [0.2, 0.25) is 10.6 Å². The standard InChI is InChI=1S/C21H23BrN4O3/c22-19-23-12-26(25-19)21-9-13-5-14(10-21)8-20(7-13,11-21)18(27)24-15-1-2-16-17(6-15)29-4-3-28-16/h1-2,6,12-14H,3-5,7-11H2,(H,24,27)/t13-,14-,20?,21?/m0/s1. The summed E-state index contributed by atoms with van der Waals surface area (Å²) >= 11 is 3.38. The number of hydrogen-bond donors (Lipinski definition) is 1. The molecule has 4 aliphatic carbocycles. The van der Waals surface area contributed by atoms with E-state index in [9.17, 15) is 4.79 Å². The molecule has 2 heterocycles. The van der Waals surface area contributed by atoms with Gasteiger partial charge in [0.25, 0.3) is 0 Å². The largest absolute Gasteiger partial charge is 0.486 e. The average Bonchev–Trinajstić information content (AvgIpc) is 3.14. The summed E-state index contributed by atoms with van der Waals surface area (Å²) in [5.41, 5.74) is 0.343. The smallest absolute Gasteiger partial charge is 0.230 e. The van der Waals surface area contributed by atoms with E-state index >= 15 is 0 Å². The number of fused-ring (bicyclic) bond motifs is 1. The van der Waals surface area contributed by atoms with Crippen LogP contribution in [0.4, 0.5) is 5.69 Å². The number of ether oxygens (including phenoxy) is 2. The number of halogens is 1. The molecular formula is C21H23BrN4O3. The Morgan fingerprint density at radius 1 is 1.14 bits per heavy atom. The van der Waals surface area contributed by atoms with E-state index in [1.54, 1.807) is 0 Å². The molecule has 152 valence electrons. The molecule has 4 saturated carbocycles. The summed E-state index contributed by atoms with van der Waals surface area (Å²) in [7, 11) is 0. The molecule has 2 atom stereocenters. The van der Waals surface area contributed by atoms with Crippen LogP contribution in [-0.4, -0.2) is 33.9 Å². The highest BCUT2D eigenvalue weighted by Gasteiger charge is 2.61. The Bertz CT molecular complexity index is 976. The first-order valence-electron chi connectivity index (χ1n) is 10.3. The van der Waals surface area contributed by atoms with Crippen LogP contribution < -0.4 is 14.8 Å². The molecule has 2 aromatic rings. The molecule has 7 nitrogen and oxygen atoms in total. The average molecular weight is 459 g/mol. The van der Waals surface area contributed by atoms with E-state index < -0.39 is 0 Å². The molecule has 0 radical (unpaired) electrons. The minimum atomic E-state index is -0.338. The van der Waals surface area contributed by atoms with Crippen molar-refractivity contribution in [1.29, 1.82) is 0 Å². The van der Waals surface area contributed by atoms with E-state index in [0.717, 1.165) is 43.5 Å². The van der Waals surface area contributed by atoms with Gasteiger partial charge < -0.3 is 14.8 Å². The number of nitrogens with zero attached hydrogens (tertiary/aromatic N) is 3. The van der Waals surface area contributed by atoms with E-state index in [0.29, 0.717) is 35.5 Å². The number of amides is 1. The second-order valence-electron chi connectivity index (χ2n) is 9.24. The van der Waals surface area contributed by atoms with Crippen molar-refractivity contribution in [2.45, 2.75) is 44.1 Å². The van der Waals surface area contributed by atoms with Gasteiger partial charge in [-0.15, -0.1) is 5.10 Å². The monoisotopic (exact) mass is 458 g/mol. The highest BCUT2D eigenvalue weighted by molar-refractivity contribution is 9.10. The number of rotatable bonds is 3. The second kappa shape index (κ2) is 6.20. The predicted molar refractivity (Wildman–Crippen MR) is 109 cm³/mol. The number of carbonyl (C=O) groups excluding carboxylic acids is 1. The lowest BCUT2D eigenvalue weighted by Crippen LogP contribution is -2.60. The fraction of sp³-hybridized carbons (Fsp3) is 0.571. The Balaban J connectivity index is 1.30. The molecule has 4 fully saturated rings. The summed E-state index contributed by atoms with van der Waals surface area (Å²) in [5.74, 6) is 2.71. The summed E-state index contributed by atoms with van der Waals surface area (Å²) < 4.78 is 13.9. The molecule has 0 unspecified atom stereocenters. The molecule has 1 aliphatic heterocycles. The summed E-state index contributed by atoms with van der Waals surface area (Å²) in [6.07, 6.45) is 8.02. The van der Waals surface area contributed by atoms with Gasteiger partial charge in [-0.25, -0.2) is 9.67 Å². The Morgan fingerprint density at radius 3 is 2.62 bits per heavy atom. The molecule has 8 heteroatoms. The summed E-state index contributed by atoms with van der Waals surface area (Å²) in [5, 5.41) is 7.78. The molecule has 1 amide bonds. The maximum Gasteiger partial charge on any atom is 0.230 e. The third-order valence-corrected chi connectivity index (χ3v) is 7.63. The van der Waals surface area contributed by atoms with E-state index in [1.165, 1.54) is 6.42 Å². The van der Waals surface area contributed by atoms with Crippen LogP contribution in [0.15, 0.2) is 29.3 Å². The Morgan fingerprint density at radius 2 is 1.90 bits per heavy atom. The van der Waals surface area contributed by atoms with Gasteiger partial charge in [-0.2, -0.15) is 0 Å². The Hall–Kier alpha value is -2.09. The van der Waals surface area contributed by atoms with E-state index in [-0.39, 0.29) is 16.9 Å². The zero-order chi connectivity index (χ0) is 19.6. The lowest BCUT2D eigenvalue weighted by atomic mass is 9.46. The van der Waals surface area contributed by atoms with Crippen molar-refractivity contribution in [3.63, 3.8) is 0 Å². The van der Waals surface area contributed by atoms with Gasteiger partial charge in [0.15, 0.2) is 11.5 Å². The molecule has 1 aromatic carbocycles. The highest BCUT2D eigenvalue weighted by Crippen LogP contribution is 2.64. The van der Waals surface area contributed by atoms with Gasteiger partial charge in [0.1, 0.15) is 19.5 Å². The molecule has 5 aliphatic rings. The van der Waals surface area contributed by atoms with Crippen LogP contribution in [0.25, 0.3) is 0 Å². The molecule has 1 aromatic heterocycles. The van der Waals surface area contributed by atoms with Crippen molar-refractivity contribution < 1.29 is 14.3 Å². The van der Waals surface area contributed by atoms with Crippen molar-refractivity contribution in [2.75, 3.05) is 18.5 Å². The lowest BCUT2D eigenvalue weighted by Gasteiger charge is -2.60. The van der Waals surface area contributed by atoms with Crippen molar-refractivity contribution in [3.8, 4) is 11.5 Å². The van der Waals surface area contributed by atoms with Crippen LogP contribution in [0.5, 0.6) is 11.5 Å². The van der Waals surface area contributed by atoms with E-state index in [1.807, 2.05) is 29.2 Å². The SMILES string of the molecule is O=C(Nc1ccc2c(c1)OCCO2)C12C[C@@H]3C[C@@H](C1)CC(n1cnc(Br)n1)(C3)C2. The Labute approximate surface area is 177 Å². The van der Waals surface area contributed by atoms with Crippen molar-refractivity contribution in [1.82, 2.24) is 14.8 Å². The topological polar surface area (TPSA) is 78.3 Å². The van der Waals surface area contributed by atoms with Gasteiger partial charge in [-0.3, -0.25) is 4.79 Å². The molecule has 7 rings (SSSR count). The van der Waals surface area contributed by atoms with E-state index in [4.69, 9.17) is 9.47 Å². The minimum absolute atomic E-state index is 0.0900. The lowest BCUT2D eigenvalue weighted by molar-refractivity contribution is -0.150. The molecule has 0 saturated heterocycles. The number of hydrogen-bond acceptors (Lipinski definition) is 5. The highest BCUT2D eigenvalue weighted by atomic mass is 79.9. The summed E-state index contributed by atoms with van der Waals surface area (Å²) in [4.78, 5) is 17.9. The van der Waals surface area contributed by atoms with Crippen LogP contribution in [0.3, 0.4) is 0 Å².